The molecule has 2 rings (SSSR count). The van der Waals surface area contributed by atoms with Gasteiger partial charge in [0.05, 0.1) is 13.0 Å². The fourth-order valence-corrected chi connectivity index (χ4v) is 2.92. The third-order valence-corrected chi connectivity index (χ3v) is 4.81. The van der Waals surface area contributed by atoms with Crippen molar-refractivity contribution in [3.63, 3.8) is 0 Å². The van der Waals surface area contributed by atoms with Crippen LogP contribution >= 0.6 is 23.2 Å². The number of ether oxygens (including phenoxy) is 1. The standard InChI is InChI=1S/C21H24Cl2N2O3/c1-15(21(27)24-11-12-28-2)25(14-17-5-9-19(23)10-6-17)20(26)13-16-3-7-18(22)8-4-16/h3-10,15H,11-14H2,1-2H3,(H,24,27)/t15-/m0/s1. The molecule has 28 heavy (non-hydrogen) atoms. The Bertz CT molecular complexity index is 779. The Kier molecular flexibility index (Phi) is 8.77. The van der Waals surface area contributed by atoms with E-state index in [4.69, 9.17) is 27.9 Å². The molecule has 7 heteroatoms. The number of benzene rings is 2. The van der Waals surface area contributed by atoms with Gasteiger partial charge in [0.1, 0.15) is 6.04 Å². The molecule has 2 aromatic carbocycles. The minimum absolute atomic E-state index is 0.147. The lowest BCUT2D eigenvalue weighted by molar-refractivity contribution is -0.140. The summed E-state index contributed by atoms with van der Waals surface area (Å²) in [6.45, 7) is 2.83. The SMILES string of the molecule is COCCNC(=O)[C@H](C)N(Cc1ccc(Cl)cc1)C(=O)Cc1ccc(Cl)cc1. The Morgan fingerprint density at radius 1 is 1.00 bits per heavy atom. The number of hydrogen-bond acceptors (Lipinski definition) is 3. The Morgan fingerprint density at radius 3 is 2.07 bits per heavy atom. The molecule has 0 aliphatic carbocycles. The summed E-state index contributed by atoms with van der Waals surface area (Å²) in [5.74, 6) is -0.373. The Morgan fingerprint density at radius 2 is 1.54 bits per heavy atom. The van der Waals surface area contributed by atoms with Crippen molar-refractivity contribution in [2.75, 3.05) is 20.3 Å². The number of halogens is 2. The molecule has 0 saturated carbocycles. The highest BCUT2D eigenvalue weighted by Crippen LogP contribution is 2.16. The van der Waals surface area contributed by atoms with E-state index in [0.29, 0.717) is 29.7 Å². The van der Waals surface area contributed by atoms with E-state index in [2.05, 4.69) is 5.32 Å². The highest BCUT2D eigenvalue weighted by atomic mass is 35.5. The molecular formula is C21H24Cl2N2O3. The summed E-state index contributed by atoms with van der Waals surface area (Å²) in [6.07, 6.45) is 0.181. The third-order valence-electron chi connectivity index (χ3n) is 4.31. The van der Waals surface area contributed by atoms with E-state index in [1.165, 1.54) is 0 Å². The molecule has 0 fully saturated rings. The van der Waals surface area contributed by atoms with E-state index in [-0.39, 0.29) is 18.2 Å². The first-order valence-electron chi connectivity index (χ1n) is 8.95. The van der Waals surface area contributed by atoms with Gasteiger partial charge in [-0.2, -0.15) is 0 Å². The van der Waals surface area contributed by atoms with Crippen LogP contribution in [0.15, 0.2) is 48.5 Å². The van der Waals surface area contributed by atoms with Crippen LogP contribution in [-0.4, -0.2) is 43.0 Å². The summed E-state index contributed by atoms with van der Waals surface area (Å²) in [5, 5.41) is 4.02. The zero-order valence-electron chi connectivity index (χ0n) is 16.0. The van der Waals surface area contributed by atoms with Crippen LogP contribution in [0.1, 0.15) is 18.1 Å². The summed E-state index contributed by atoms with van der Waals surface area (Å²) in [5.41, 5.74) is 1.73. The highest BCUT2D eigenvalue weighted by molar-refractivity contribution is 6.30. The molecular weight excluding hydrogens is 399 g/mol. The van der Waals surface area contributed by atoms with Gasteiger partial charge in [-0.3, -0.25) is 9.59 Å². The van der Waals surface area contributed by atoms with Crippen LogP contribution in [0.3, 0.4) is 0 Å². The number of nitrogens with zero attached hydrogens (tertiary/aromatic N) is 1. The van der Waals surface area contributed by atoms with Gasteiger partial charge in [-0.15, -0.1) is 0 Å². The van der Waals surface area contributed by atoms with Crippen LogP contribution in [0.2, 0.25) is 10.0 Å². The second kappa shape index (κ2) is 11.1. The van der Waals surface area contributed by atoms with Gasteiger partial charge in [0.2, 0.25) is 11.8 Å². The monoisotopic (exact) mass is 422 g/mol. The van der Waals surface area contributed by atoms with Gasteiger partial charge in [-0.25, -0.2) is 0 Å². The number of hydrogen-bond donors (Lipinski definition) is 1. The molecule has 2 amide bonds. The summed E-state index contributed by atoms with van der Waals surface area (Å²) in [6, 6.07) is 13.7. The average molecular weight is 423 g/mol. The van der Waals surface area contributed by atoms with Gasteiger partial charge in [0.15, 0.2) is 0 Å². The fraction of sp³-hybridized carbons (Fsp3) is 0.333. The second-order valence-electron chi connectivity index (χ2n) is 6.41. The predicted octanol–water partition coefficient (Wildman–Crippen LogP) is 3.72. The first-order chi connectivity index (χ1) is 13.4. The summed E-state index contributed by atoms with van der Waals surface area (Å²) in [4.78, 5) is 27.1. The topological polar surface area (TPSA) is 58.6 Å². The molecule has 2 aromatic rings. The van der Waals surface area contributed by atoms with Crippen molar-refractivity contribution < 1.29 is 14.3 Å². The third kappa shape index (κ3) is 6.82. The molecule has 0 spiro atoms. The lowest BCUT2D eigenvalue weighted by Crippen LogP contribution is -2.48. The van der Waals surface area contributed by atoms with E-state index >= 15 is 0 Å². The van der Waals surface area contributed by atoms with Gasteiger partial charge in [-0.05, 0) is 42.3 Å². The predicted molar refractivity (Wildman–Crippen MR) is 112 cm³/mol. The smallest absolute Gasteiger partial charge is 0.242 e. The normalized spacial score (nSPS) is 11.7. The van der Waals surface area contributed by atoms with Crippen molar-refractivity contribution in [3.05, 3.63) is 69.7 Å². The molecule has 0 radical (unpaired) electrons. The maximum Gasteiger partial charge on any atom is 0.242 e. The first-order valence-corrected chi connectivity index (χ1v) is 9.71. The van der Waals surface area contributed by atoms with Crippen molar-refractivity contribution in [1.82, 2.24) is 10.2 Å². The summed E-state index contributed by atoms with van der Waals surface area (Å²) in [7, 11) is 1.57. The van der Waals surface area contributed by atoms with E-state index in [9.17, 15) is 9.59 Å². The fourth-order valence-electron chi connectivity index (χ4n) is 2.67. The molecule has 5 nitrogen and oxygen atoms in total. The molecule has 0 unspecified atom stereocenters. The molecule has 1 atom stereocenters. The molecule has 0 heterocycles. The highest BCUT2D eigenvalue weighted by Gasteiger charge is 2.26. The van der Waals surface area contributed by atoms with Crippen molar-refractivity contribution in [2.45, 2.75) is 25.9 Å². The van der Waals surface area contributed by atoms with Gasteiger partial charge in [-0.1, -0.05) is 47.5 Å². The van der Waals surface area contributed by atoms with Crippen LogP contribution < -0.4 is 5.32 Å². The molecule has 0 aromatic heterocycles. The number of nitrogens with one attached hydrogen (secondary N) is 1. The Labute approximate surface area is 175 Å². The van der Waals surface area contributed by atoms with E-state index in [1.807, 2.05) is 24.3 Å². The van der Waals surface area contributed by atoms with Gasteiger partial charge < -0.3 is 15.0 Å². The van der Waals surface area contributed by atoms with E-state index in [1.54, 1.807) is 43.2 Å². The van der Waals surface area contributed by atoms with Crippen LogP contribution in [0.25, 0.3) is 0 Å². The number of rotatable bonds is 9. The minimum Gasteiger partial charge on any atom is -0.383 e. The van der Waals surface area contributed by atoms with E-state index in [0.717, 1.165) is 11.1 Å². The first kappa shape index (κ1) is 22.2. The molecule has 1 N–H and O–H groups in total. The largest absolute Gasteiger partial charge is 0.383 e. The quantitative estimate of drug-likeness (QED) is 0.626. The van der Waals surface area contributed by atoms with E-state index < -0.39 is 6.04 Å². The van der Waals surface area contributed by atoms with Crippen molar-refractivity contribution >= 4 is 35.0 Å². The van der Waals surface area contributed by atoms with Crippen molar-refractivity contribution in [1.29, 1.82) is 0 Å². The van der Waals surface area contributed by atoms with Gasteiger partial charge >= 0.3 is 0 Å². The molecule has 0 bridgehead atoms. The number of amides is 2. The summed E-state index contributed by atoms with van der Waals surface area (Å²) < 4.78 is 4.96. The molecule has 0 saturated heterocycles. The lowest BCUT2D eigenvalue weighted by atomic mass is 10.1. The zero-order chi connectivity index (χ0) is 20.5. The average Bonchev–Trinajstić information content (AvgIpc) is 2.68. The Balaban J connectivity index is 2.15. The van der Waals surface area contributed by atoms with Crippen molar-refractivity contribution in [3.8, 4) is 0 Å². The van der Waals surface area contributed by atoms with Gasteiger partial charge in [0, 0.05) is 30.2 Å². The maximum atomic E-state index is 13.0. The summed E-state index contributed by atoms with van der Waals surface area (Å²) >= 11 is 11.9. The number of methoxy groups -OCH3 is 1. The zero-order valence-corrected chi connectivity index (χ0v) is 17.5. The number of carbonyl (C=O) groups excluding carboxylic acids is 2. The van der Waals surface area contributed by atoms with Gasteiger partial charge in [0.25, 0.3) is 0 Å². The van der Waals surface area contributed by atoms with Crippen molar-refractivity contribution in [2.24, 2.45) is 0 Å². The lowest BCUT2D eigenvalue weighted by Gasteiger charge is -2.29. The second-order valence-corrected chi connectivity index (χ2v) is 7.28. The maximum absolute atomic E-state index is 13.0. The Hall–Kier alpha value is -2.08. The van der Waals surface area contributed by atoms with Crippen LogP contribution in [-0.2, 0) is 27.3 Å². The van der Waals surface area contributed by atoms with Crippen LogP contribution in [0.5, 0.6) is 0 Å². The minimum atomic E-state index is -0.632. The van der Waals surface area contributed by atoms with Crippen LogP contribution in [0.4, 0.5) is 0 Å². The molecule has 150 valence electrons. The van der Waals surface area contributed by atoms with Crippen LogP contribution in [0, 0.1) is 0 Å². The molecule has 0 aliphatic rings. The molecule has 0 aliphatic heterocycles. The number of carbonyl (C=O) groups is 2.